The summed E-state index contributed by atoms with van der Waals surface area (Å²) < 4.78 is 1.15. The van der Waals surface area contributed by atoms with Crippen LogP contribution in [0.1, 0.15) is 50.7 Å². The second kappa shape index (κ2) is 8.39. The number of rotatable bonds is 5. The number of fused-ring (bicyclic) bond motifs is 1. The summed E-state index contributed by atoms with van der Waals surface area (Å²) in [7, 11) is 0. The molecule has 1 fully saturated rings. The molecule has 1 aromatic carbocycles. The number of aromatic nitrogens is 2. The number of aryl methyl sites for hydroxylation is 1. The summed E-state index contributed by atoms with van der Waals surface area (Å²) in [6.45, 7) is 4.97. The van der Waals surface area contributed by atoms with E-state index in [1.165, 1.54) is 5.56 Å². The Kier molecular flexibility index (Phi) is 5.72. The van der Waals surface area contributed by atoms with E-state index >= 15 is 0 Å². The maximum Gasteiger partial charge on any atom is 0.232 e. The Hall–Kier alpha value is -2.27. The Balaban J connectivity index is 1.67. The zero-order chi connectivity index (χ0) is 19.5. The third-order valence-electron chi connectivity index (χ3n) is 5.78. The van der Waals surface area contributed by atoms with Crippen molar-refractivity contribution in [3.05, 3.63) is 53.9 Å². The summed E-state index contributed by atoms with van der Waals surface area (Å²) in [6.07, 6.45) is 8.84. The van der Waals surface area contributed by atoms with Crippen molar-refractivity contribution in [1.82, 2.24) is 9.97 Å². The van der Waals surface area contributed by atoms with E-state index in [9.17, 15) is 4.79 Å². The van der Waals surface area contributed by atoms with Crippen molar-refractivity contribution in [2.75, 3.05) is 4.90 Å². The van der Waals surface area contributed by atoms with Gasteiger partial charge in [-0.15, -0.1) is 0 Å². The van der Waals surface area contributed by atoms with Crippen LogP contribution < -0.4 is 4.90 Å². The minimum atomic E-state index is 0.103. The molecule has 1 aliphatic rings. The second-order valence-electron chi connectivity index (χ2n) is 7.89. The highest BCUT2D eigenvalue weighted by Gasteiger charge is 2.30. The highest BCUT2D eigenvalue weighted by molar-refractivity contribution is 7.22. The molecular formula is C23H27N3OS. The Morgan fingerprint density at radius 3 is 2.71 bits per heavy atom. The van der Waals surface area contributed by atoms with Crippen LogP contribution in [0.15, 0.2) is 42.7 Å². The monoisotopic (exact) mass is 393 g/mol. The molecule has 0 spiro atoms. The molecule has 0 N–H and O–H groups in total. The van der Waals surface area contributed by atoms with E-state index in [-0.39, 0.29) is 11.8 Å². The molecule has 0 aliphatic heterocycles. The summed E-state index contributed by atoms with van der Waals surface area (Å²) >= 11 is 1.62. The fraction of sp³-hybridized carbons (Fsp3) is 0.435. The first-order valence-electron chi connectivity index (χ1n) is 10.2. The lowest BCUT2D eigenvalue weighted by Crippen LogP contribution is -2.37. The van der Waals surface area contributed by atoms with Gasteiger partial charge in [-0.3, -0.25) is 14.7 Å². The van der Waals surface area contributed by atoms with Gasteiger partial charge in [0, 0.05) is 18.3 Å². The van der Waals surface area contributed by atoms with E-state index in [4.69, 9.17) is 4.98 Å². The average Bonchev–Trinajstić information content (AvgIpc) is 3.15. The molecule has 0 saturated heterocycles. The summed E-state index contributed by atoms with van der Waals surface area (Å²) in [6, 6.07) is 10.3. The Morgan fingerprint density at radius 1 is 1.18 bits per heavy atom. The normalized spacial score (nSPS) is 19.6. The SMILES string of the molecule is CCc1ccc2nc(N(Cc3cccnc3)C(=O)C3CCC(C)CC3)sc2c1. The molecule has 0 atom stereocenters. The Bertz CT molecular complexity index is 945. The highest BCUT2D eigenvalue weighted by Crippen LogP contribution is 2.35. The van der Waals surface area contributed by atoms with E-state index in [1.54, 1.807) is 17.5 Å². The number of pyridine rings is 1. The van der Waals surface area contributed by atoms with Gasteiger partial charge in [-0.25, -0.2) is 4.98 Å². The lowest BCUT2D eigenvalue weighted by Gasteiger charge is -2.30. The number of nitrogens with zero attached hydrogens (tertiary/aromatic N) is 3. The Morgan fingerprint density at radius 2 is 2.00 bits per heavy atom. The molecule has 0 unspecified atom stereocenters. The third-order valence-corrected chi connectivity index (χ3v) is 6.82. The number of benzene rings is 1. The van der Waals surface area contributed by atoms with Crippen molar-refractivity contribution in [3.8, 4) is 0 Å². The molecule has 4 nitrogen and oxygen atoms in total. The standard InChI is InChI=1S/C23H27N3OS/c1-3-17-8-11-20-21(13-17)28-23(25-20)26(15-18-5-4-12-24-14-18)22(27)19-9-6-16(2)7-10-19/h4-5,8,11-14,16,19H,3,6-7,9-10,15H2,1-2H3. The van der Waals surface area contributed by atoms with E-state index in [2.05, 4.69) is 37.0 Å². The van der Waals surface area contributed by atoms with Gasteiger partial charge in [0.15, 0.2) is 5.13 Å². The van der Waals surface area contributed by atoms with Crippen molar-refractivity contribution in [2.24, 2.45) is 11.8 Å². The van der Waals surface area contributed by atoms with Gasteiger partial charge >= 0.3 is 0 Å². The highest BCUT2D eigenvalue weighted by atomic mass is 32.1. The molecule has 0 radical (unpaired) electrons. The summed E-state index contributed by atoms with van der Waals surface area (Å²) in [4.78, 5) is 24.4. The van der Waals surface area contributed by atoms with E-state index in [0.29, 0.717) is 6.54 Å². The zero-order valence-electron chi connectivity index (χ0n) is 16.6. The first kappa shape index (κ1) is 19.1. The minimum absolute atomic E-state index is 0.103. The smallest absolute Gasteiger partial charge is 0.232 e. The number of amides is 1. The zero-order valence-corrected chi connectivity index (χ0v) is 17.4. The van der Waals surface area contributed by atoms with Crippen LogP contribution in [0.2, 0.25) is 0 Å². The van der Waals surface area contributed by atoms with Crippen LogP contribution in [0.3, 0.4) is 0 Å². The molecule has 1 saturated carbocycles. The van der Waals surface area contributed by atoms with Crippen LogP contribution in [0.5, 0.6) is 0 Å². The van der Waals surface area contributed by atoms with Crippen LogP contribution in [0.25, 0.3) is 10.2 Å². The lowest BCUT2D eigenvalue weighted by molar-refractivity contribution is -0.123. The van der Waals surface area contributed by atoms with Gasteiger partial charge in [-0.2, -0.15) is 0 Å². The Labute approximate surface area is 170 Å². The van der Waals surface area contributed by atoms with E-state index in [0.717, 1.165) is 58.9 Å². The van der Waals surface area contributed by atoms with Crippen molar-refractivity contribution < 1.29 is 4.79 Å². The fourth-order valence-corrected chi connectivity index (χ4v) is 4.97. The van der Waals surface area contributed by atoms with Crippen LogP contribution in [-0.4, -0.2) is 15.9 Å². The molecule has 0 bridgehead atoms. The number of carbonyl (C=O) groups excluding carboxylic acids is 1. The van der Waals surface area contributed by atoms with Gasteiger partial charge in [0.1, 0.15) is 0 Å². The van der Waals surface area contributed by atoms with Crippen molar-refractivity contribution in [3.63, 3.8) is 0 Å². The lowest BCUT2D eigenvalue weighted by atomic mass is 9.82. The van der Waals surface area contributed by atoms with Crippen LogP contribution in [0, 0.1) is 11.8 Å². The predicted molar refractivity (Wildman–Crippen MR) is 116 cm³/mol. The van der Waals surface area contributed by atoms with Crippen LogP contribution >= 0.6 is 11.3 Å². The van der Waals surface area contributed by atoms with E-state index < -0.39 is 0 Å². The van der Waals surface area contributed by atoms with Crippen molar-refractivity contribution >= 4 is 32.6 Å². The minimum Gasteiger partial charge on any atom is -0.283 e. The van der Waals surface area contributed by atoms with Crippen molar-refractivity contribution in [1.29, 1.82) is 0 Å². The largest absolute Gasteiger partial charge is 0.283 e. The maximum atomic E-state index is 13.5. The molecular weight excluding hydrogens is 366 g/mol. The number of hydrogen-bond donors (Lipinski definition) is 0. The maximum absolute atomic E-state index is 13.5. The first-order valence-corrected chi connectivity index (χ1v) is 11.1. The third kappa shape index (κ3) is 4.09. The van der Waals surface area contributed by atoms with Crippen LogP contribution in [-0.2, 0) is 17.8 Å². The van der Waals surface area contributed by atoms with Crippen LogP contribution in [0.4, 0.5) is 5.13 Å². The second-order valence-corrected chi connectivity index (χ2v) is 8.90. The topological polar surface area (TPSA) is 46.1 Å². The molecule has 2 heterocycles. The molecule has 5 heteroatoms. The average molecular weight is 394 g/mol. The van der Waals surface area contributed by atoms with Gasteiger partial charge in [-0.1, -0.05) is 37.3 Å². The molecule has 28 heavy (non-hydrogen) atoms. The predicted octanol–water partition coefficient (Wildman–Crippen LogP) is 5.61. The van der Waals surface area contributed by atoms with Gasteiger partial charge in [0.25, 0.3) is 0 Å². The molecule has 1 amide bonds. The first-order chi connectivity index (χ1) is 13.6. The quantitative estimate of drug-likeness (QED) is 0.566. The van der Waals surface area contributed by atoms with Gasteiger partial charge in [0.2, 0.25) is 5.91 Å². The molecule has 4 rings (SSSR count). The molecule has 146 valence electrons. The summed E-state index contributed by atoms with van der Waals surface area (Å²) in [5, 5.41) is 0.802. The summed E-state index contributed by atoms with van der Waals surface area (Å²) in [5.74, 6) is 1.04. The molecule has 2 aromatic heterocycles. The van der Waals surface area contributed by atoms with Crippen molar-refractivity contribution in [2.45, 2.75) is 52.5 Å². The summed E-state index contributed by atoms with van der Waals surface area (Å²) in [5.41, 5.74) is 3.31. The van der Waals surface area contributed by atoms with Gasteiger partial charge in [-0.05, 0) is 67.3 Å². The van der Waals surface area contributed by atoms with Gasteiger partial charge < -0.3 is 0 Å². The van der Waals surface area contributed by atoms with Gasteiger partial charge in [0.05, 0.1) is 16.8 Å². The number of anilines is 1. The fourth-order valence-electron chi connectivity index (χ4n) is 3.93. The molecule has 3 aromatic rings. The van der Waals surface area contributed by atoms with E-state index in [1.807, 2.05) is 23.2 Å². The molecule has 1 aliphatic carbocycles. The number of thiazole rings is 1. The number of carbonyl (C=O) groups is 1. The number of hydrogen-bond acceptors (Lipinski definition) is 4.